The van der Waals surface area contributed by atoms with Crippen LogP contribution in [0.15, 0.2) is 17.6 Å². The number of halogens is 1. The van der Waals surface area contributed by atoms with Crippen LogP contribution < -0.4 is 0 Å². The van der Waals surface area contributed by atoms with Gasteiger partial charge in [0, 0.05) is 20.3 Å². The lowest BCUT2D eigenvalue weighted by molar-refractivity contribution is -0.115. The molecule has 21 heavy (non-hydrogen) atoms. The second-order valence-electron chi connectivity index (χ2n) is 5.65. The molecule has 1 fully saturated rings. The summed E-state index contributed by atoms with van der Waals surface area (Å²) in [6.45, 7) is 0. The minimum atomic E-state index is -3.60. The number of hydrogen-bond acceptors (Lipinski definition) is 4. The summed E-state index contributed by atoms with van der Waals surface area (Å²) in [5.41, 5.74) is 0. The lowest BCUT2D eigenvalue weighted by Crippen LogP contribution is -2.22. The first-order valence-electron chi connectivity index (χ1n) is 6.97. The number of sulfonamides is 1. The van der Waals surface area contributed by atoms with Crippen molar-refractivity contribution < 1.29 is 13.2 Å². The van der Waals surface area contributed by atoms with Gasteiger partial charge in [-0.3, -0.25) is 4.79 Å². The molecule has 1 aliphatic rings. The monoisotopic (exact) mass is 333 g/mol. The topological polar surface area (TPSA) is 72.3 Å². The molecule has 8 heteroatoms. The number of carbonyl (C=O) groups excluding carboxylic acids is 1. The summed E-state index contributed by atoms with van der Waals surface area (Å²) in [4.78, 5) is 15.6. The number of rotatable bonds is 6. The van der Waals surface area contributed by atoms with Gasteiger partial charge in [0.05, 0.1) is 6.33 Å². The second-order valence-corrected chi connectivity index (χ2v) is 8.12. The fourth-order valence-corrected chi connectivity index (χ4v) is 3.71. The van der Waals surface area contributed by atoms with Gasteiger partial charge in [-0.25, -0.2) is 17.7 Å². The fraction of sp³-hybridized carbons (Fsp3) is 0.692. The lowest BCUT2D eigenvalue weighted by atomic mass is 9.99. The van der Waals surface area contributed by atoms with Crippen LogP contribution >= 0.6 is 11.6 Å². The van der Waals surface area contributed by atoms with Crippen molar-refractivity contribution >= 4 is 26.9 Å². The summed E-state index contributed by atoms with van der Waals surface area (Å²) in [5, 5.41) is -0.546. The largest absolute Gasteiger partial charge is 0.324 e. The molecule has 1 atom stereocenters. The van der Waals surface area contributed by atoms with Crippen LogP contribution in [-0.2, 0) is 14.8 Å². The van der Waals surface area contributed by atoms with Crippen molar-refractivity contribution in [3.8, 4) is 0 Å². The minimum Gasteiger partial charge on any atom is -0.324 e. The molecule has 0 spiro atoms. The average Bonchev–Trinajstić information content (AvgIpc) is 3.07. The Morgan fingerprint density at radius 1 is 1.48 bits per heavy atom. The quantitative estimate of drug-likeness (QED) is 0.747. The molecule has 1 heterocycles. The van der Waals surface area contributed by atoms with E-state index in [0.29, 0.717) is 12.3 Å². The van der Waals surface area contributed by atoms with E-state index in [4.69, 9.17) is 11.6 Å². The molecular weight excluding hydrogens is 314 g/mol. The molecule has 1 aromatic rings. The van der Waals surface area contributed by atoms with Gasteiger partial charge in [-0.1, -0.05) is 25.7 Å². The third-order valence-electron chi connectivity index (χ3n) is 3.98. The highest BCUT2D eigenvalue weighted by atomic mass is 35.5. The van der Waals surface area contributed by atoms with Crippen molar-refractivity contribution in [2.75, 3.05) is 14.1 Å². The van der Waals surface area contributed by atoms with Crippen LogP contribution in [0.1, 0.15) is 38.1 Å². The van der Waals surface area contributed by atoms with Gasteiger partial charge in [0.2, 0.25) is 5.24 Å². The highest BCUT2D eigenvalue weighted by Gasteiger charge is 2.27. The van der Waals surface area contributed by atoms with Crippen molar-refractivity contribution in [1.82, 2.24) is 13.9 Å². The maximum absolute atomic E-state index is 12.0. The maximum Gasteiger partial charge on any atom is 0.261 e. The highest BCUT2D eigenvalue weighted by Crippen LogP contribution is 2.33. The summed E-state index contributed by atoms with van der Waals surface area (Å²) < 4.78 is 26.6. The second kappa shape index (κ2) is 6.46. The summed E-state index contributed by atoms with van der Waals surface area (Å²) in [6.07, 6.45) is 7.94. The summed E-state index contributed by atoms with van der Waals surface area (Å²) in [6, 6.07) is -0.548. The Kier molecular flexibility index (Phi) is 5.06. The van der Waals surface area contributed by atoms with Crippen LogP contribution in [-0.4, -0.2) is 41.6 Å². The molecule has 1 aliphatic carbocycles. The van der Waals surface area contributed by atoms with Crippen molar-refractivity contribution in [2.45, 2.75) is 43.2 Å². The van der Waals surface area contributed by atoms with Gasteiger partial charge in [0.1, 0.15) is 6.04 Å². The summed E-state index contributed by atoms with van der Waals surface area (Å²) in [7, 11) is -0.712. The third-order valence-corrected chi connectivity index (χ3v) is 5.93. The Hall–Kier alpha value is -0.920. The van der Waals surface area contributed by atoms with Gasteiger partial charge in [0.15, 0.2) is 5.03 Å². The van der Waals surface area contributed by atoms with Gasteiger partial charge >= 0.3 is 0 Å². The van der Waals surface area contributed by atoms with Crippen molar-refractivity contribution in [1.29, 1.82) is 0 Å². The number of imidazole rings is 1. The van der Waals surface area contributed by atoms with Crippen molar-refractivity contribution in [3.05, 3.63) is 12.5 Å². The maximum atomic E-state index is 12.0. The molecule has 0 amide bonds. The van der Waals surface area contributed by atoms with Gasteiger partial charge in [0.25, 0.3) is 10.0 Å². The highest BCUT2D eigenvalue weighted by molar-refractivity contribution is 7.89. The lowest BCUT2D eigenvalue weighted by Gasteiger charge is -2.18. The summed E-state index contributed by atoms with van der Waals surface area (Å²) >= 11 is 5.70. The van der Waals surface area contributed by atoms with E-state index in [2.05, 4.69) is 4.98 Å². The zero-order valence-electron chi connectivity index (χ0n) is 12.2. The molecule has 0 aromatic carbocycles. The molecule has 0 bridgehead atoms. The van der Waals surface area contributed by atoms with E-state index in [-0.39, 0.29) is 5.03 Å². The average molecular weight is 334 g/mol. The standard InChI is InChI=1S/C13H20ClN3O3S/c1-16(2)21(19,20)12-8-17(9-15-12)11(13(14)18)7-10-5-3-4-6-10/h8-11H,3-7H2,1-2H3/t11-/m0/s1. The van der Waals surface area contributed by atoms with E-state index in [0.717, 1.165) is 17.1 Å². The van der Waals surface area contributed by atoms with E-state index in [1.54, 1.807) is 0 Å². The molecule has 0 radical (unpaired) electrons. The molecule has 2 rings (SSSR count). The number of hydrogen-bond donors (Lipinski definition) is 0. The number of aromatic nitrogens is 2. The van der Waals surface area contributed by atoms with Crippen molar-refractivity contribution in [2.24, 2.45) is 5.92 Å². The minimum absolute atomic E-state index is 0.0677. The Bertz CT molecular complexity index is 606. The Morgan fingerprint density at radius 3 is 2.62 bits per heavy atom. The van der Waals surface area contributed by atoms with E-state index in [9.17, 15) is 13.2 Å². The Balaban J connectivity index is 2.22. The van der Waals surface area contributed by atoms with Crippen LogP contribution in [0.3, 0.4) is 0 Å². The number of carbonyl (C=O) groups is 1. The zero-order valence-corrected chi connectivity index (χ0v) is 13.8. The van der Waals surface area contributed by atoms with Crippen LogP contribution in [0.5, 0.6) is 0 Å². The van der Waals surface area contributed by atoms with Crippen LogP contribution in [0.2, 0.25) is 0 Å². The normalized spacial score (nSPS) is 18.3. The molecule has 118 valence electrons. The van der Waals surface area contributed by atoms with E-state index in [1.807, 2.05) is 0 Å². The Labute approximate surface area is 130 Å². The fourth-order valence-electron chi connectivity index (χ4n) is 2.70. The Morgan fingerprint density at radius 2 is 2.10 bits per heavy atom. The first kappa shape index (κ1) is 16.5. The van der Waals surface area contributed by atoms with Gasteiger partial charge < -0.3 is 4.57 Å². The number of nitrogens with zero attached hydrogens (tertiary/aromatic N) is 3. The molecule has 1 aromatic heterocycles. The molecule has 6 nitrogen and oxygen atoms in total. The molecule has 1 saturated carbocycles. The SMILES string of the molecule is CN(C)S(=O)(=O)c1cn([C@@H](CC2CCCC2)C(=O)Cl)cn1. The predicted molar refractivity (Wildman–Crippen MR) is 79.6 cm³/mol. The first-order chi connectivity index (χ1) is 9.82. The van der Waals surface area contributed by atoms with Gasteiger partial charge in [-0.05, 0) is 23.9 Å². The van der Waals surface area contributed by atoms with Crippen LogP contribution in [0.4, 0.5) is 0 Å². The van der Waals surface area contributed by atoms with E-state index < -0.39 is 21.3 Å². The van der Waals surface area contributed by atoms with E-state index in [1.165, 1.54) is 44.0 Å². The molecular formula is C13H20ClN3O3S. The van der Waals surface area contributed by atoms with Crippen LogP contribution in [0, 0.1) is 5.92 Å². The van der Waals surface area contributed by atoms with Crippen LogP contribution in [0.25, 0.3) is 0 Å². The smallest absolute Gasteiger partial charge is 0.261 e. The zero-order chi connectivity index (χ0) is 15.6. The first-order valence-corrected chi connectivity index (χ1v) is 8.79. The summed E-state index contributed by atoms with van der Waals surface area (Å²) in [5.74, 6) is 0.467. The predicted octanol–water partition coefficient (Wildman–Crippen LogP) is 2.02. The molecule has 0 saturated heterocycles. The molecule has 0 unspecified atom stereocenters. The van der Waals surface area contributed by atoms with Crippen molar-refractivity contribution in [3.63, 3.8) is 0 Å². The van der Waals surface area contributed by atoms with Gasteiger partial charge in [-0.15, -0.1) is 0 Å². The van der Waals surface area contributed by atoms with Gasteiger partial charge in [-0.2, -0.15) is 0 Å². The third kappa shape index (κ3) is 3.64. The molecule has 0 N–H and O–H groups in total. The van der Waals surface area contributed by atoms with E-state index >= 15 is 0 Å². The molecule has 0 aliphatic heterocycles.